The number of pyridine rings is 2. The first-order valence-corrected chi connectivity index (χ1v) is 8.14. The molecule has 0 bridgehead atoms. The second-order valence-electron chi connectivity index (χ2n) is 5.57. The number of anilines is 1. The zero-order chi connectivity index (χ0) is 17.6. The van der Waals surface area contributed by atoms with E-state index in [9.17, 15) is 4.79 Å². The highest BCUT2D eigenvalue weighted by molar-refractivity contribution is 5.92. The molecule has 25 heavy (non-hydrogen) atoms. The largest absolute Gasteiger partial charge is 0.487 e. The molecule has 2 aromatic heterocycles. The lowest BCUT2D eigenvalue weighted by molar-refractivity contribution is 0.252. The van der Waals surface area contributed by atoms with Crippen LogP contribution in [0, 0.1) is 6.92 Å². The SMILES string of the molecule is CCNC(=O)Nc1cc2cccc(COc3cccnc3C)c2cn1. The minimum Gasteiger partial charge on any atom is -0.487 e. The molecule has 6 heteroatoms. The number of rotatable bonds is 5. The standard InChI is InChI=1S/C19H20N4O2/c1-3-20-19(24)23-18-10-14-6-4-7-15(16(14)11-22-18)12-25-17-8-5-9-21-13(17)2/h4-11H,3,12H2,1-2H3,(H2,20,22,23,24). The third-order valence-corrected chi connectivity index (χ3v) is 3.78. The van der Waals surface area contributed by atoms with Gasteiger partial charge in [-0.05, 0) is 43.0 Å². The number of urea groups is 1. The zero-order valence-corrected chi connectivity index (χ0v) is 14.2. The van der Waals surface area contributed by atoms with Crippen molar-refractivity contribution >= 4 is 22.6 Å². The molecule has 128 valence electrons. The number of hydrogen-bond acceptors (Lipinski definition) is 4. The topological polar surface area (TPSA) is 76.1 Å². The van der Waals surface area contributed by atoms with Crippen molar-refractivity contribution in [2.24, 2.45) is 0 Å². The highest BCUT2D eigenvalue weighted by Crippen LogP contribution is 2.23. The number of ether oxygens (including phenoxy) is 1. The Balaban J connectivity index is 1.80. The Labute approximate surface area is 146 Å². The van der Waals surface area contributed by atoms with Gasteiger partial charge in [-0.3, -0.25) is 10.3 Å². The van der Waals surface area contributed by atoms with Crippen molar-refractivity contribution in [3.8, 4) is 5.75 Å². The molecule has 6 nitrogen and oxygen atoms in total. The van der Waals surface area contributed by atoms with Gasteiger partial charge in [0.15, 0.2) is 0 Å². The molecule has 3 rings (SSSR count). The van der Waals surface area contributed by atoms with Gasteiger partial charge in [0.2, 0.25) is 0 Å². The lowest BCUT2D eigenvalue weighted by atomic mass is 10.1. The quantitative estimate of drug-likeness (QED) is 0.745. The molecule has 0 spiro atoms. The molecule has 0 aliphatic heterocycles. The fourth-order valence-electron chi connectivity index (χ4n) is 2.53. The average Bonchev–Trinajstić information content (AvgIpc) is 2.61. The Bertz CT molecular complexity index is 895. The summed E-state index contributed by atoms with van der Waals surface area (Å²) in [5.74, 6) is 1.28. The van der Waals surface area contributed by atoms with Crippen LogP contribution in [0.2, 0.25) is 0 Å². The molecular formula is C19H20N4O2. The number of nitrogens with zero attached hydrogens (tertiary/aromatic N) is 2. The molecule has 0 fully saturated rings. The number of nitrogens with one attached hydrogen (secondary N) is 2. The smallest absolute Gasteiger partial charge is 0.320 e. The van der Waals surface area contributed by atoms with Crippen LogP contribution in [0.3, 0.4) is 0 Å². The number of aromatic nitrogens is 2. The average molecular weight is 336 g/mol. The summed E-state index contributed by atoms with van der Waals surface area (Å²) in [6.45, 7) is 4.77. The van der Waals surface area contributed by atoms with E-state index in [-0.39, 0.29) is 6.03 Å². The van der Waals surface area contributed by atoms with E-state index in [4.69, 9.17) is 4.74 Å². The molecule has 2 heterocycles. The summed E-state index contributed by atoms with van der Waals surface area (Å²) >= 11 is 0. The van der Waals surface area contributed by atoms with Gasteiger partial charge in [0.1, 0.15) is 18.2 Å². The van der Waals surface area contributed by atoms with Gasteiger partial charge in [-0.15, -0.1) is 0 Å². The predicted molar refractivity (Wildman–Crippen MR) is 97.7 cm³/mol. The fraction of sp³-hybridized carbons (Fsp3) is 0.211. The van der Waals surface area contributed by atoms with Crippen LogP contribution in [-0.2, 0) is 6.61 Å². The van der Waals surface area contributed by atoms with Crippen molar-refractivity contribution in [2.45, 2.75) is 20.5 Å². The highest BCUT2D eigenvalue weighted by Gasteiger charge is 2.07. The van der Waals surface area contributed by atoms with E-state index in [0.717, 1.165) is 27.8 Å². The molecule has 0 unspecified atom stereocenters. The molecule has 0 radical (unpaired) electrons. The van der Waals surface area contributed by atoms with E-state index in [2.05, 4.69) is 20.6 Å². The van der Waals surface area contributed by atoms with Gasteiger partial charge in [0.25, 0.3) is 0 Å². The van der Waals surface area contributed by atoms with Gasteiger partial charge >= 0.3 is 6.03 Å². The third-order valence-electron chi connectivity index (χ3n) is 3.78. The van der Waals surface area contributed by atoms with Crippen molar-refractivity contribution in [1.29, 1.82) is 0 Å². The second-order valence-corrected chi connectivity index (χ2v) is 5.57. The first-order valence-electron chi connectivity index (χ1n) is 8.14. The molecule has 2 amide bonds. The maximum Gasteiger partial charge on any atom is 0.320 e. The maximum atomic E-state index is 11.6. The lowest BCUT2D eigenvalue weighted by Crippen LogP contribution is -2.28. The van der Waals surface area contributed by atoms with Crippen molar-refractivity contribution in [2.75, 3.05) is 11.9 Å². The number of carbonyl (C=O) groups excluding carboxylic acids is 1. The summed E-state index contributed by atoms with van der Waals surface area (Å²) < 4.78 is 5.89. The second kappa shape index (κ2) is 7.61. The van der Waals surface area contributed by atoms with E-state index >= 15 is 0 Å². The van der Waals surface area contributed by atoms with E-state index in [0.29, 0.717) is 19.0 Å². The van der Waals surface area contributed by atoms with Gasteiger partial charge in [-0.25, -0.2) is 9.78 Å². The molecule has 0 aliphatic carbocycles. The molecule has 3 aromatic rings. The molecule has 2 N–H and O–H groups in total. The summed E-state index contributed by atoms with van der Waals surface area (Å²) in [7, 11) is 0. The Morgan fingerprint density at radius 2 is 2.08 bits per heavy atom. The molecule has 0 aliphatic rings. The molecule has 0 saturated carbocycles. The maximum absolute atomic E-state index is 11.6. The van der Waals surface area contributed by atoms with E-state index in [1.807, 2.05) is 50.2 Å². The first-order chi connectivity index (χ1) is 12.2. The van der Waals surface area contributed by atoms with Gasteiger partial charge in [0, 0.05) is 24.3 Å². The van der Waals surface area contributed by atoms with Crippen LogP contribution in [0.4, 0.5) is 10.6 Å². The summed E-state index contributed by atoms with van der Waals surface area (Å²) in [5, 5.41) is 7.38. The minimum atomic E-state index is -0.263. The Hall–Kier alpha value is -3.15. The molecule has 0 saturated heterocycles. The van der Waals surface area contributed by atoms with Crippen LogP contribution in [0.5, 0.6) is 5.75 Å². The minimum absolute atomic E-state index is 0.263. The van der Waals surface area contributed by atoms with E-state index < -0.39 is 0 Å². The van der Waals surface area contributed by atoms with Crippen molar-refractivity contribution in [3.63, 3.8) is 0 Å². The van der Waals surface area contributed by atoms with E-state index in [1.165, 1.54) is 0 Å². The van der Waals surface area contributed by atoms with Crippen LogP contribution < -0.4 is 15.4 Å². The van der Waals surface area contributed by atoms with Gasteiger partial charge < -0.3 is 10.1 Å². The van der Waals surface area contributed by atoms with E-state index in [1.54, 1.807) is 12.4 Å². The Morgan fingerprint density at radius 1 is 1.20 bits per heavy atom. The Morgan fingerprint density at radius 3 is 2.88 bits per heavy atom. The fourth-order valence-corrected chi connectivity index (χ4v) is 2.53. The van der Waals surface area contributed by atoms with Crippen LogP contribution in [0.1, 0.15) is 18.2 Å². The van der Waals surface area contributed by atoms with Crippen molar-refractivity contribution < 1.29 is 9.53 Å². The number of fused-ring (bicyclic) bond motifs is 1. The number of carbonyl (C=O) groups is 1. The number of amides is 2. The third kappa shape index (κ3) is 4.03. The summed E-state index contributed by atoms with van der Waals surface area (Å²) in [6, 6.07) is 11.3. The summed E-state index contributed by atoms with van der Waals surface area (Å²) in [6.07, 6.45) is 3.50. The van der Waals surface area contributed by atoms with Gasteiger partial charge in [-0.2, -0.15) is 0 Å². The van der Waals surface area contributed by atoms with Crippen molar-refractivity contribution in [3.05, 3.63) is 60.0 Å². The van der Waals surface area contributed by atoms with Crippen LogP contribution in [0.15, 0.2) is 48.8 Å². The molecule has 1 aromatic carbocycles. The van der Waals surface area contributed by atoms with Gasteiger partial charge in [0.05, 0.1) is 5.69 Å². The van der Waals surface area contributed by atoms with Crippen LogP contribution >= 0.6 is 0 Å². The summed E-state index contributed by atoms with van der Waals surface area (Å²) in [4.78, 5) is 20.2. The number of benzene rings is 1. The van der Waals surface area contributed by atoms with Crippen LogP contribution in [0.25, 0.3) is 10.8 Å². The summed E-state index contributed by atoms with van der Waals surface area (Å²) in [5.41, 5.74) is 1.88. The highest BCUT2D eigenvalue weighted by atomic mass is 16.5. The first kappa shape index (κ1) is 16.7. The molecule has 0 atom stereocenters. The number of hydrogen-bond donors (Lipinski definition) is 2. The Kier molecular flexibility index (Phi) is 5.09. The zero-order valence-electron chi connectivity index (χ0n) is 14.2. The van der Waals surface area contributed by atoms with Crippen LogP contribution in [-0.4, -0.2) is 22.5 Å². The predicted octanol–water partition coefficient (Wildman–Crippen LogP) is 3.66. The lowest BCUT2D eigenvalue weighted by Gasteiger charge is -2.11. The normalized spacial score (nSPS) is 10.5. The molecular weight excluding hydrogens is 316 g/mol. The van der Waals surface area contributed by atoms with Gasteiger partial charge in [-0.1, -0.05) is 18.2 Å². The monoisotopic (exact) mass is 336 g/mol. The number of aryl methyl sites for hydroxylation is 1. The van der Waals surface area contributed by atoms with Crippen molar-refractivity contribution in [1.82, 2.24) is 15.3 Å².